The van der Waals surface area contributed by atoms with Crippen molar-refractivity contribution >= 4 is 0 Å². The predicted molar refractivity (Wildman–Crippen MR) is 48.3 cm³/mol. The Kier molecular flexibility index (Phi) is 3.61. The van der Waals surface area contributed by atoms with Gasteiger partial charge in [0.05, 0.1) is 6.61 Å². The number of rotatable bonds is 4. The molecule has 0 fully saturated rings. The van der Waals surface area contributed by atoms with Crippen molar-refractivity contribution in [2.45, 2.75) is 13.3 Å². The van der Waals surface area contributed by atoms with Crippen molar-refractivity contribution in [3.8, 4) is 5.75 Å². The Labute approximate surface area is 72.8 Å². The van der Waals surface area contributed by atoms with Gasteiger partial charge in [-0.25, -0.2) is 0 Å². The fourth-order valence-corrected chi connectivity index (χ4v) is 0.997. The minimum atomic E-state index is 0.315. The highest BCUT2D eigenvalue weighted by Crippen LogP contribution is 2.09. The largest absolute Gasteiger partial charge is 0.508 e. The lowest BCUT2D eigenvalue weighted by Gasteiger charge is -2.01. The SMILES string of the molecule is CCOCCc1ccc(O)cc1. The van der Waals surface area contributed by atoms with E-state index in [0.717, 1.165) is 19.6 Å². The minimum absolute atomic E-state index is 0.315. The number of hydrogen-bond donors (Lipinski definition) is 1. The van der Waals surface area contributed by atoms with Crippen LogP contribution in [0.3, 0.4) is 0 Å². The summed E-state index contributed by atoms with van der Waals surface area (Å²) in [5.41, 5.74) is 1.20. The first-order valence-corrected chi connectivity index (χ1v) is 4.18. The number of phenols is 1. The van der Waals surface area contributed by atoms with E-state index >= 15 is 0 Å². The smallest absolute Gasteiger partial charge is 0.115 e. The van der Waals surface area contributed by atoms with Crippen molar-refractivity contribution < 1.29 is 9.84 Å². The molecule has 66 valence electrons. The summed E-state index contributed by atoms with van der Waals surface area (Å²) in [5.74, 6) is 0.315. The quantitative estimate of drug-likeness (QED) is 0.693. The molecule has 0 aromatic heterocycles. The fraction of sp³-hybridized carbons (Fsp3) is 0.400. The molecule has 1 aromatic carbocycles. The maximum absolute atomic E-state index is 9.00. The second-order valence-corrected chi connectivity index (χ2v) is 2.61. The van der Waals surface area contributed by atoms with Crippen LogP contribution in [0.4, 0.5) is 0 Å². The molecule has 0 bridgehead atoms. The number of ether oxygens (including phenoxy) is 1. The molecule has 12 heavy (non-hydrogen) atoms. The van der Waals surface area contributed by atoms with Crippen LogP contribution in [0.25, 0.3) is 0 Å². The van der Waals surface area contributed by atoms with Gasteiger partial charge in [0.15, 0.2) is 0 Å². The van der Waals surface area contributed by atoms with Crippen LogP contribution in [-0.2, 0) is 11.2 Å². The Hall–Kier alpha value is -1.02. The number of benzene rings is 1. The van der Waals surface area contributed by atoms with Gasteiger partial charge in [0, 0.05) is 6.61 Å². The first kappa shape index (κ1) is 9.07. The van der Waals surface area contributed by atoms with Crippen LogP contribution in [0.15, 0.2) is 24.3 Å². The van der Waals surface area contributed by atoms with E-state index < -0.39 is 0 Å². The topological polar surface area (TPSA) is 29.5 Å². The van der Waals surface area contributed by atoms with Crippen molar-refractivity contribution in [1.82, 2.24) is 0 Å². The van der Waals surface area contributed by atoms with Crippen LogP contribution in [-0.4, -0.2) is 18.3 Å². The molecule has 0 atom stereocenters. The molecule has 1 rings (SSSR count). The molecule has 0 saturated carbocycles. The van der Waals surface area contributed by atoms with E-state index in [4.69, 9.17) is 9.84 Å². The predicted octanol–water partition coefficient (Wildman–Crippen LogP) is 1.97. The van der Waals surface area contributed by atoms with Crippen molar-refractivity contribution in [3.63, 3.8) is 0 Å². The number of hydrogen-bond acceptors (Lipinski definition) is 2. The molecular weight excluding hydrogens is 152 g/mol. The van der Waals surface area contributed by atoms with Crippen molar-refractivity contribution in [3.05, 3.63) is 29.8 Å². The molecule has 0 aliphatic carbocycles. The Morgan fingerprint density at radius 3 is 2.50 bits per heavy atom. The molecule has 0 radical (unpaired) electrons. The van der Waals surface area contributed by atoms with E-state index in [1.165, 1.54) is 5.56 Å². The summed E-state index contributed by atoms with van der Waals surface area (Å²) in [4.78, 5) is 0. The van der Waals surface area contributed by atoms with Crippen LogP contribution < -0.4 is 0 Å². The summed E-state index contributed by atoms with van der Waals surface area (Å²) in [7, 11) is 0. The average Bonchev–Trinajstić information content (AvgIpc) is 2.09. The van der Waals surface area contributed by atoms with Crippen LogP contribution >= 0.6 is 0 Å². The first-order chi connectivity index (χ1) is 5.83. The lowest BCUT2D eigenvalue weighted by molar-refractivity contribution is 0.151. The van der Waals surface area contributed by atoms with Gasteiger partial charge in [-0.2, -0.15) is 0 Å². The summed E-state index contributed by atoms with van der Waals surface area (Å²) in [5, 5.41) is 9.00. The number of aromatic hydroxyl groups is 1. The van der Waals surface area contributed by atoms with E-state index in [2.05, 4.69) is 0 Å². The van der Waals surface area contributed by atoms with Crippen molar-refractivity contribution in [2.24, 2.45) is 0 Å². The Balaban J connectivity index is 2.37. The molecular formula is C10H14O2. The molecule has 2 heteroatoms. The lowest BCUT2D eigenvalue weighted by Crippen LogP contribution is -1.97. The maximum Gasteiger partial charge on any atom is 0.115 e. The summed E-state index contributed by atoms with van der Waals surface area (Å²) in [6.45, 7) is 3.50. The Bertz CT molecular complexity index is 216. The van der Waals surface area contributed by atoms with E-state index in [-0.39, 0.29) is 0 Å². The fourth-order valence-electron chi connectivity index (χ4n) is 0.997. The highest BCUT2D eigenvalue weighted by Gasteiger charge is 1.92. The Morgan fingerprint density at radius 1 is 1.25 bits per heavy atom. The highest BCUT2D eigenvalue weighted by molar-refractivity contribution is 5.25. The summed E-state index contributed by atoms with van der Waals surface area (Å²) >= 11 is 0. The zero-order valence-electron chi connectivity index (χ0n) is 7.29. The average molecular weight is 166 g/mol. The summed E-state index contributed by atoms with van der Waals surface area (Å²) < 4.78 is 5.21. The van der Waals surface area contributed by atoms with Gasteiger partial charge < -0.3 is 9.84 Å². The molecule has 1 aromatic rings. The third-order valence-corrected chi connectivity index (χ3v) is 1.68. The standard InChI is InChI=1S/C10H14O2/c1-2-12-8-7-9-3-5-10(11)6-4-9/h3-6,11H,2,7-8H2,1H3. The summed E-state index contributed by atoms with van der Waals surface area (Å²) in [6, 6.07) is 7.21. The minimum Gasteiger partial charge on any atom is -0.508 e. The van der Waals surface area contributed by atoms with E-state index in [0.29, 0.717) is 5.75 Å². The molecule has 0 amide bonds. The normalized spacial score (nSPS) is 10.1. The second-order valence-electron chi connectivity index (χ2n) is 2.61. The van der Waals surface area contributed by atoms with Crippen LogP contribution in [0.1, 0.15) is 12.5 Å². The molecule has 0 spiro atoms. The lowest BCUT2D eigenvalue weighted by atomic mass is 10.1. The maximum atomic E-state index is 9.00. The van der Waals surface area contributed by atoms with Gasteiger partial charge in [-0.3, -0.25) is 0 Å². The van der Waals surface area contributed by atoms with E-state index in [1.807, 2.05) is 19.1 Å². The van der Waals surface area contributed by atoms with E-state index in [1.54, 1.807) is 12.1 Å². The molecule has 0 aliphatic heterocycles. The van der Waals surface area contributed by atoms with Gasteiger partial charge >= 0.3 is 0 Å². The van der Waals surface area contributed by atoms with Crippen molar-refractivity contribution in [1.29, 1.82) is 0 Å². The molecule has 1 N–H and O–H groups in total. The van der Waals surface area contributed by atoms with Gasteiger partial charge in [0.1, 0.15) is 5.75 Å². The van der Waals surface area contributed by atoms with E-state index in [9.17, 15) is 0 Å². The van der Waals surface area contributed by atoms with Gasteiger partial charge in [-0.15, -0.1) is 0 Å². The third kappa shape index (κ3) is 2.93. The van der Waals surface area contributed by atoms with Gasteiger partial charge in [0.25, 0.3) is 0 Å². The van der Waals surface area contributed by atoms with Gasteiger partial charge in [-0.05, 0) is 31.0 Å². The second kappa shape index (κ2) is 4.78. The zero-order valence-corrected chi connectivity index (χ0v) is 7.29. The zero-order chi connectivity index (χ0) is 8.81. The highest BCUT2D eigenvalue weighted by atomic mass is 16.5. The molecule has 0 heterocycles. The Morgan fingerprint density at radius 2 is 1.92 bits per heavy atom. The van der Waals surface area contributed by atoms with Crippen LogP contribution in [0.2, 0.25) is 0 Å². The van der Waals surface area contributed by atoms with Crippen LogP contribution in [0.5, 0.6) is 5.75 Å². The number of phenolic OH excluding ortho intramolecular Hbond substituents is 1. The molecule has 0 unspecified atom stereocenters. The molecule has 2 nitrogen and oxygen atoms in total. The molecule has 0 saturated heterocycles. The monoisotopic (exact) mass is 166 g/mol. The van der Waals surface area contributed by atoms with Gasteiger partial charge in [0.2, 0.25) is 0 Å². The third-order valence-electron chi connectivity index (χ3n) is 1.68. The van der Waals surface area contributed by atoms with Crippen molar-refractivity contribution in [2.75, 3.05) is 13.2 Å². The molecule has 0 aliphatic rings. The first-order valence-electron chi connectivity index (χ1n) is 4.18. The van der Waals surface area contributed by atoms with Crippen LogP contribution in [0, 0.1) is 0 Å². The van der Waals surface area contributed by atoms with Gasteiger partial charge in [-0.1, -0.05) is 12.1 Å². The summed E-state index contributed by atoms with van der Waals surface area (Å²) in [6.07, 6.45) is 0.911.